The van der Waals surface area contributed by atoms with Crippen LogP contribution in [0.3, 0.4) is 0 Å². The highest BCUT2D eigenvalue weighted by molar-refractivity contribution is 8.00. The molecule has 2 N–H and O–H groups in total. The van der Waals surface area contributed by atoms with Gasteiger partial charge in [-0.05, 0) is 24.9 Å². The van der Waals surface area contributed by atoms with Crippen LogP contribution < -0.4 is 5.73 Å². The topological polar surface area (TPSA) is 75.3 Å². The van der Waals surface area contributed by atoms with E-state index in [1.807, 2.05) is 23.3 Å². The van der Waals surface area contributed by atoms with Crippen LogP contribution in [0.25, 0.3) is 10.2 Å². The molecule has 124 valence electrons. The van der Waals surface area contributed by atoms with Gasteiger partial charge in [0.25, 0.3) is 0 Å². The summed E-state index contributed by atoms with van der Waals surface area (Å²) in [4.78, 5) is 26.6. The second-order valence-corrected chi connectivity index (χ2v) is 7.75. The second-order valence-electron chi connectivity index (χ2n) is 5.55. The van der Waals surface area contributed by atoms with Gasteiger partial charge in [-0.3, -0.25) is 4.79 Å². The van der Waals surface area contributed by atoms with E-state index < -0.39 is 0 Å². The van der Waals surface area contributed by atoms with Crippen molar-refractivity contribution in [3.63, 3.8) is 0 Å². The molecule has 8 heteroatoms. The van der Waals surface area contributed by atoms with Crippen molar-refractivity contribution in [2.24, 2.45) is 0 Å². The highest BCUT2D eigenvalue weighted by Gasteiger charge is 2.25. The van der Waals surface area contributed by atoms with Gasteiger partial charge in [0.2, 0.25) is 5.91 Å². The number of aromatic nitrogens is 2. The predicted molar refractivity (Wildman–Crippen MR) is 95.8 cm³/mol. The number of fused-ring (bicyclic) bond motifs is 1. The quantitative estimate of drug-likeness (QED) is 0.670. The van der Waals surface area contributed by atoms with Crippen LogP contribution in [0.15, 0.2) is 16.6 Å². The van der Waals surface area contributed by atoms with E-state index in [9.17, 15) is 4.79 Å². The molecule has 3 heterocycles. The summed E-state index contributed by atoms with van der Waals surface area (Å²) in [5, 5.41) is 3.20. The number of likely N-dealkylation sites (N-methyl/N-ethyl adjacent to an activating group) is 1. The Morgan fingerprint density at radius 3 is 2.83 bits per heavy atom. The second kappa shape index (κ2) is 7.02. The Labute approximate surface area is 144 Å². The van der Waals surface area contributed by atoms with Gasteiger partial charge in [-0.2, -0.15) is 0 Å². The Balaban J connectivity index is 1.65. The van der Waals surface area contributed by atoms with Crippen molar-refractivity contribution in [1.82, 2.24) is 19.8 Å². The molecule has 1 saturated heterocycles. The van der Waals surface area contributed by atoms with Crippen molar-refractivity contribution in [2.45, 2.75) is 24.3 Å². The zero-order chi connectivity index (χ0) is 16.4. The maximum absolute atomic E-state index is 12.6. The first kappa shape index (κ1) is 16.5. The first-order valence-electron chi connectivity index (χ1n) is 7.77. The molecule has 1 unspecified atom stereocenters. The fourth-order valence-electron chi connectivity index (χ4n) is 2.66. The third kappa shape index (κ3) is 3.59. The van der Waals surface area contributed by atoms with E-state index in [1.165, 1.54) is 23.1 Å². The number of carbonyl (C=O) groups is 1. The number of hydrogen-bond donors (Lipinski definition) is 1. The van der Waals surface area contributed by atoms with Crippen molar-refractivity contribution < 1.29 is 4.79 Å². The summed E-state index contributed by atoms with van der Waals surface area (Å²) < 4.78 is 0. The lowest BCUT2D eigenvalue weighted by Gasteiger charge is -2.35. The number of nitrogens with two attached hydrogens (primary N) is 1. The number of thioether (sulfide) groups is 1. The maximum atomic E-state index is 12.6. The van der Waals surface area contributed by atoms with Gasteiger partial charge in [0.1, 0.15) is 10.6 Å². The molecule has 1 aliphatic rings. The number of piperazine rings is 1. The number of carbonyl (C=O) groups excluding carboxylic acids is 1. The molecule has 0 aliphatic carbocycles. The average molecular weight is 352 g/mol. The molecular formula is C15H21N5OS2. The minimum atomic E-state index is -0.208. The van der Waals surface area contributed by atoms with Crippen molar-refractivity contribution in [3.05, 3.63) is 11.4 Å². The minimum absolute atomic E-state index is 0.152. The molecule has 0 spiro atoms. The van der Waals surface area contributed by atoms with Crippen LogP contribution in [0.5, 0.6) is 0 Å². The van der Waals surface area contributed by atoms with Gasteiger partial charge in [-0.25, -0.2) is 9.97 Å². The van der Waals surface area contributed by atoms with E-state index >= 15 is 0 Å². The molecule has 2 aromatic heterocycles. The third-order valence-electron chi connectivity index (χ3n) is 4.10. The Morgan fingerprint density at radius 2 is 2.13 bits per heavy atom. The Morgan fingerprint density at radius 1 is 1.39 bits per heavy atom. The summed E-state index contributed by atoms with van der Waals surface area (Å²) in [6.45, 7) is 8.60. The van der Waals surface area contributed by atoms with Gasteiger partial charge >= 0.3 is 0 Å². The summed E-state index contributed by atoms with van der Waals surface area (Å²) in [5.74, 6) is 0.633. The molecular weight excluding hydrogens is 330 g/mol. The molecule has 1 fully saturated rings. The number of thiophene rings is 1. The summed E-state index contributed by atoms with van der Waals surface area (Å²) in [6.07, 6.45) is 0. The predicted octanol–water partition coefficient (Wildman–Crippen LogP) is 1.92. The number of anilines is 1. The normalized spacial score (nSPS) is 17.6. The zero-order valence-corrected chi connectivity index (χ0v) is 15.0. The van der Waals surface area contributed by atoms with Crippen LogP contribution >= 0.6 is 23.1 Å². The number of hydrogen-bond acceptors (Lipinski definition) is 7. The molecule has 1 aliphatic heterocycles. The molecule has 0 radical (unpaired) electrons. The Hall–Kier alpha value is -1.38. The van der Waals surface area contributed by atoms with E-state index in [4.69, 9.17) is 5.73 Å². The zero-order valence-electron chi connectivity index (χ0n) is 13.4. The number of rotatable bonds is 4. The highest BCUT2D eigenvalue weighted by Crippen LogP contribution is 2.28. The maximum Gasteiger partial charge on any atom is 0.235 e. The Kier molecular flexibility index (Phi) is 5.03. The van der Waals surface area contributed by atoms with Crippen molar-refractivity contribution in [3.8, 4) is 0 Å². The number of nitrogen functional groups attached to an aromatic ring is 1. The van der Waals surface area contributed by atoms with Gasteiger partial charge in [-0.15, -0.1) is 11.3 Å². The van der Waals surface area contributed by atoms with Gasteiger partial charge in [-0.1, -0.05) is 18.7 Å². The van der Waals surface area contributed by atoms with Crippen molar-refractivity contribution in [2.75, 3.05) is 38.5 Å². The summed E-state index contributed by atoms with van der Waals surface area (Å²) >= 11 is 2.92. The van der Waals surface area contributed by atoms with Crippen molar-refractivity contribution in [1.29, 1.82) is 0 Å². The largest absolute Gasteiger partial charge is 0.383 e. The Bertz CT molecular complexity index is 696. The molecule has 23 heavy (non-hydrogen) atoms. The summed E-state index contributed by atoms with van der Waals surface area (Å²) in [6, 6.07) is 1.92. The molecule has 1 atom stereocenters. The SMILES string of the molecule is CCN1CCN(C(=O)C(C)Sc2nc(N)c3ccsc3n2)CC1. The van der Waals surface area contributed by atoms with Crippen LogP contribution in [0.2, 0.25) is 0 Å². The van der Waals surface area contributed by atoms with Gasteiger partial charge in [0, 0.05) is 26.2 Å². The fraction of sp³-hybridized carbons (Fsp3) is 0.533. The average Bonchev–Trinajstić information content (AvgIpc) is 3.03. The smallest absolute Gasteiger partial charge is 0.235 e. The standard InChI is InChI=1S/C15H21N5OS2/c1-3-19-5-7-20(8-6-19)14(21)10(2)23-15-17-12(16)11-4-9-22-13(11)18-15/h4,9-10H,3,5-8H2,1-2H3,(H2,16,17,18). The van der Waals surface area contributed by atoms with E-state index in [2.05, 4.69) is 21.8 Å². The van der Waals surface area contributed by atoms with Crippen LogP contribution in [-0.4, -0.2) is 63.6 Å². The monoisotopic (exact) mass is 351 g/mol. The van der Waals surface area contributed by atoms with Crippen LogP contribution in [0, 0.1) is 0 Å². The van der Waals surface area contributed by atoms with Gasteiger partial charge in [0.05, 0.1) is 10.6 Å². The number of amides is 1. The highest BCUT2D eigenvalue weighted by atomic mass is 32.2. The van der Waals surface area contributed by atoms with E-state index in [0.29, 0.717) is 11.0 Å². The third-order valence-corrected chi connectivity index (χ3v) is 5.85. The molecule has 0 bridgehead atoms. The van der Waals surface area contributed by atoms with Gasteiger partial charge in [0.15, 0.2) is 5.16 Å². The summed E-state index contributed by atoms with van der Waals surface area (Å²) in [5.41, 5.74) is 5.97. The molecule has 0 saturated carbocycles. The first-order valence-corrected chi connectivity index (χ1v) is 9.53. The summed E-state index contributed by atoms with van der Waals surface area (Å²) in [7, 11) is 0. The van der Waals surface area contributed by atoms with Crippen LogP contribution in [0.1, 0.15) is 13.8 Å². The van der Waals surface area contributed by atoms with E-state index in [1.54, 1.807) is 0 Å². The van der Waals surface area contributed by atoms with Crippen molar-refractivity contribution >= 4 is 45.0 Å². The van der Waals surface area contributed by atoms with Crippen LogP contribution in [-0.2, 0) is 4.79 Å². The molecule has 6 nitrogen and oxygen atoms in total. The lowest BCUT2D eigenvalue weighted by atomic mass is 10.3. The number of nitrogens with zero attached hydrogens (tertiary/aromatic N) is 4. The lowest BCUT2D eigenvalue weighted by molar-refractivity contribution is -0.132. The lowest BCUT2D eigenvalue weighted by Crippen LogP contribution is -2.50. The molecule has 1 amide bonds. The van der Waals surface area contributed by atoms with E-state index in [-0.39, 0.29) is 11.2 Å². The molecule has 3 rings (SSSR count). The van der Waals surface area contributed by atoms with Gasteiger partial charge < -0.3 is 15.5 Å². The fourth-order valence-corrected chi connectivity index (χ4v) is 4.35. The first-order chi connectivity index (χ1) is 11.1. The molecule has 2 aromatic rings. The van der Waals surface area contributed by atoms with E-state index in [0.717, 1.165) is 42.9 Å². The molecule has 0 aromatic carbocycles. The minimum Gasteiger partial charge on any atom is -0.383 e. The van der Waals surface area contributed by atoms with Crippen LogP contribution in [0.4, 0.5) is 5.82 Å².